The van der Waals surface area contributed by atoms with E-state index in [-0.39, 0.29) is 16.6 Å². The average molecular weight is 215 g/mol. The smallest absolute Gasteiger partial charge is 0.319 e. The number of hydrogen-bond donors (Lipinski definition) is 1. The van der Waals surface area contributed by atoms with Crippen molar-refractivity contribution in [2.24, 2.45) is 5.41 Å². The third-order valence-electron chi connectivity index (χ3n) is 3.22. The number of thioether (sulfide) groups is 1. The van der Waals surface area contributed by atoms with Gasteiger partial charge in [0, 0.05) is 12.0 Å². The molecule has 2 heterocycles. The highest BCUT2D eigenvalue weighted by atomic mass is 32.2. The molecular formula is C10H17NO2S. The molecule has 2 rings (SSSR count). The molecule has 1 N–H and O–H groups in total. The number of rotatable bonds is 2. The summed E-state index contributed by atoms with van der Waals surface area (Å²) < 4.78 is 5.12. The maximum Gasteiger partial charge on any atom is 0.319 e. The summed E-state index contributed by atoms with van der Waals surface area (Å²) in [6.07, 6.45) is 2.29. The lowest BCUT2D eigenvalue weighted by atomic mass is 9.81. The minimum atomic E-state index is -0.00120. The summed E-state index contributed by atoms with van der Waals surface area (Å²) in [5.41, 5.74) is 0.205. The Balaban J connectivity index is 2.06. The van der Waals surface area contributed by atoms with E-state index in [1.165, 1.54) is 0 Å². The second kappa shape index (κ2) is 4.11. The van der Waals surface area contributed by atoms with Gasteiger partial charge < -0.3 is 10.1 Å². The topological polar surface area (TPSA) is 38.3 Å². The van der Waals surface area contributed by atoms with Crippen LogP contribution in [0, 0.1) is 5.41 Å². The van der Waals surface area contributed by atoms with Gasteiger partial charge in [0.15, 0.2) is 0 Å². The van der Waals surface area contributed by atoms with Crippen LogP contribution in [0.3, 0.4) is 0 Å². The van der Waals surface area contributed by atoms with Crippen LogP contribution in [-0.4, -0.2) is 36.7 Å². The minimum absolute atomic E-state index is 0.00120. The molecule has 2 fully saturated rings. The molecular weight excluding hydrogens is 198 g/mol. The number of ether oxygens (including phenoxy) is 1. The lowest BCUT2D eigenvalue weighted by Gasteiger charge is -2.27. The van der Waals surface area contributed by atoms with Gasteiger partial charge >= 0.3 is 5.97 Å². The Morgan fingerprint density at radius 2 is 2.50 bits per heavy atom. The molecule has 0 saturated carbocycles. The molecule has 0 aromatic carbocycles. The van der Waals surface area contributed by atoms with Crippen LogP contribution in [0.15, 0.2) is 0 Å². The summed E-state index contributed by atoms with van der Waals surface area (Å²) in [6, 6.07) is 0. The summed E-state index contributed by atoms with van der Waals surface area (Å²) in [5.74, 6) is 1.10. The normalized spacial score (nSPS) is 36.5. The fraction of sp³-hybridized carbons (Fsp3) is 0.900. The first-order valence-corrected chi connectivity index (χ1v) is 6.32. The van der Waals surface area contributed by atoms with Gasteiger partial charge in [-0.25, -0.2) is 0 Å². The summed E-state index contributed by atoms with van der Waals surface area (Å²) in [4.78, 5) is 11.7. The molecule has 4 heteroatoms. The number of hydrogen-bond acceptors (Lipinski definition) is 4. The van der Waals surface area contributed by atoms with Crippen molar-refractivity contribution in [1.82, 2.24) is 5.32 Å². The Labute approximate surface area is 89.0 Å². The van der Waals surface area contributed by atoms with Crippen LogP contribution in [0.25, 0.3) is 0 Å². The molecule has 2 aliphatic heterocycles. The van der Waals surface area contributed by atoms with E-state index in [1.54, 1.807) is 11.8 Å². The van der Waals surface area contributed by atoms with Gasteiger partial charge in [0.1, 0.15) is 5.25 Å². The van der Waals surface area contributed by atoms with Gasteiger partial charge in [-0.1, -0.05) is 0 Å². The lowest BCUT2D eigenvalue weighted by molar-refractivity contribution is -0.144. The highest BCUT2D eigenvalue weighted by Gasteiger charge is 2.49. The number of carbonyl (C=O) groups excluding carboxylic acids is 1. The van der Waals surface area contributed by atoms with Gasteiger partial charge in [0.25, 0.3) is 0 Å². The number of carbonyl (C=O) groups is 1. The van der Waals surface area contributed by atoms with E-state index in [2.05, 4.69) is 5.32 Å². The fourth-order valence-electron chi connectivity index (χ4n) is 2.42. The molecule has 0 aromatic heterocycles. The molecule has 0 bridgehead atoms. The van der Waals surface area contributed by atoms with Crippen molar-refractivity contribution in [3.05, 3.63) is 0 Å². The molecule has 2 saturated heterocycles. The summed E-state index contributed by atoms with van der Waals surface area (Å²) in [7, 11) is 0. The van der Waals surface area contributed by atoms with Crippen molar-refractivity contribution in [2.45, 2.75) is 25.0 Å². The Bertz CT molecular complexity index is 221. The van der Waals surface area contributed by atoms with Crippen LogP contribution in [0.5, 0.6) is 0 Å². The maximum absolute atomic E-state index is 11.7. The zero-order valence-electron chi connectivity index (χ0n) is 8.54. The Morgan fingerprint density at radius 1 is 1.64 bits per heavy atom. The first-order chi connectivity index (χ1) is 6.78. The molecule has 0 aliphatic carbocycles. The third-order valence-corrected chi connectivity index (χ3v) is 4.68. The SMILES string of the molecule is CCOC(=O)C1SCCC12CCNC2. The quantitative estimate of drug-likeness (QED) is 0.698. The molecule has 1 spiro atoms. The molecule has 3 nitrogen and oxygen atoms in total. The van der Waals surface area contributed by atoms with Gasteiger partial charge in [-0.3, -0.25) is 4.79 Å². The average Bonchev–Trinajstić information content (AvgIpc) is 2.78. The van der Waals surface area contributed by atoms with E-state index < -0.39 is 0 Å². The zero-order valence-corrected chi connectivity index (χ0v) is 9.36. The molecule has 0 amide bonds. The van der Waals surface area contributed by atoms with Crippen LogP contribution in [0.2, 0.25) is 0 Å². The van der Waals surface area contributed by atoms with Crippen molar-refractivity contribution in [3.63, 3.8) is 0 Å². The van der Waals surface area contributed by atoms with Gasteiger partial charge in [-0.2, -0.15) is 0 Å². The number of nitrogens with one attached hydrogen (secondary N) is 1. The second-order valence-electron chi connectivity index (χ2n) is 4.04. The Morgan fingerprint density at radius 3 is 3.14 bits per heavy atom. The van der Waals surface area contributed by atoms with Crippen molar-refractivity contribution in [3.8, 4) is 0 Å². The van der Waals surface area contributed by atoms with Crippen molar-refractivity contribution < 1.29 is 9.53 Å². The first-order valence-electron chi connectivity index (χ1n) is 5.27. The van der Waals surface area contributed by atoms with E-state index in [1.807, 2.05) is 6.92 Å². The van der Waals surface area contributed by atoms with Crippen molar-refractivity contribution >= 4 is 17.7 Å². The minimum Gasteiger partial charge on any atom is -0.465 e. The Hall–Kier alpha value is -0.220. The second-order valence-corrected chi connectivity index (χ2v) is 5.26. The number of esters is 1. The van der Waals surface area contributed by atoms with Crippen LogP contribution in [-0.2, 0) is 9.53 Å². The molecule has 0 radical (unpaired) electrons. The predicted molar refractivity (Wildman–Crippen MR) is 57.4 cm³/mol. The molecule has 14 heavy (non-hydrogen) atoms. The van der Waals surface area contributed by atoms with Gasteiger partial charge in [-0.05, 0) is 32.1 Å². The van der Waals surface area contributed by atoms with E-state index in [0.29, 0.717) is 6.61 Å². The summed E-state index contributed by atoms with van der Waals surface area (Å²) in [5, 5.41) is 3.44. The lowest BCUT2D eigenvalue weighted by Crippen LogP contribution is -2.37. The van der Waals surface area contributed by atoms with Crippen molar-refractivity contribution in [2.75, 3.05) is 25.4 Å². The standard InChI is InChI=1S/C10H17NO2S/c1-2-13-9(12)8-10(4-6-14-8)3-5-11-7-10/h8,11H,2-7H2,1H3. The largest absolute Gasteiger partial charge is 0.465 e. The van der Waals surface area contributed by atoms with Gasteiger partial charge in [-0.15, -0.1) is 11.8 Å². The van der Waals surface area contributed by atoms with E-state index >= 15 is 0 Å². The third kappa shape index (κ3) is 1.65. The molecule has 2 atom stereocenters. The molecule has 80 valence electrons. The highest BCUT2D eigenvalue weighted by molar-refractivity contribution is 8.00. The van der Waals surface area contributed by atoms with Crippen LogP contribution in [0.4, 0.5) is 0 Å². The summed E-state index contributed by atoms with van der Waals surface area (Å²) >= 11 is 1.77. The van der Waals surface area contributed by atoms with Gasteiger partial charge in [0.2, 0.25) is 0 Å². The predicted octanol–water partition coefficient (Wildman–Crippen LogP) is 1.03. The van der Waals surface area contributed by atoms with Crippen LogP contribution >= 0.6 is 11.8 Å². The molecule has 2 aliphatic rings. The molecule has 0 aromatic rings. The summed E-state index contributed by atoms with van der Waals surface area (Å²) in [6.45, 7) is 4.41. The zero-order chi connectivity index (χ0) is 10.0. The monoisotopic (exact) mass is 215 g/mol. The first kappa shape index (κ1) is 10.3. The van der Waals surface area contributed by atoms with Gasteiger partial charge in [0.05, 0.1) is 6.61 Å². The Kier molecular flexibility index (Phi) is 3.02. The van der Waals surface area contributed by atoms with Crippen molar-refractivity contribution in [1.29, 1.82) is 0 Å². The van der Waals surface area contributed by atoms with E-state index in [9.17, 15) is 4.79 Å². The van der Waals surface area contributed by atoms with E-state index in [4.69, 9.17) is 4.74 Å². The highest BCUT2D eigenvalue weighted by Crippen LogP contribution is 2.47. The fourth-order valence-corrected chi connectivity index (χ4v) is 4.06. The van der Waals surface area contributed by atoms with E-state index in [0.717, 1.165) is 31.7 Å². The maximum atomic E-state index is 11.7. The van der Waals surface area contributed by atoms with Crippen LogP contribution in [0.1, 0.15) is 19.8 Å². The molecule has 2 unspecified atom stereocenters. The van der Waals surface area contributed by atoms with Crippen LogP contribution < -0.4 is 5.32 Å².